The number of nitrogens with one attached hydrogen (secondary N) is 1. The van der Waals surface area contributed by atoms with E-state index in [-0.39, 0.29) is 30.2 Å². The second kappa shape index (κ2) is 9.23. The van der Waals surface area contributed by atoms with Crippen molar-refractivity contribution in [3.8, 4) is 11.1 Å². The molecule has 0 aromatic heterocycles. The Balaban J connectivity index is 1.56. The summed E-state index contributed by atoms with van der Waals surface area (Å²) in [5, 5.41) is 23.8. The minimum Gasteiger partial charge on any atom is -0.449 e. The average molecular weight is 464 g/mol. The van der Waals surface area contributed by atoms with Crippen molar-refractivity contribution in [1.82, 2.24) is 5.32 Å². The van der Waals surface area contributed by atoms with Gasteiger partial charge in [-0.15, -0.1) is 0 Å². The number of alkyl carbamates (subject to hydrolysis) is 1. The Hall–Kier alpha value is -3.78. The largest absolute Gasteiger partial charge is 0.449 e. The molecule has 0 aliphatic heterocycles. The second-order valence-electron chi connectivity index (χ2n) is 8.76. The third-order valence-corrected chi connectivity index (χ3v) is 6.18. The molecule has 1 unspecified atom stereocenters. The van der Waals surface area contributed by atoms with Gasteiger partial charge in [0.25, 0.3) is 5.69 Å². The third-order valence-electron chi connectivity index (χ3n) is 6.18. The highest BCUT2D eigenvalue weighted by Gasteiger charge is 2.36. The monoisotopic (exact) mass is 464 g/mol. The van der Waals surface area contributed by atoms with Crippen LogP contribution < -0.4 is 5.32 Å². The lowest BCUT2D eigenvalue weighted by atomic mass is 9.86. The van der Waals surface area contributed by atoms with E-state index in [1.165, 1.54) is 13.8 Å². The fraction of sp³-hybridized carbons (Fsp3) is 0.269. The smallest absolute Gasteiger partial charge is 0.407 e. The number of nitrogens with zero attached hydrogens (tertiary/aromatic N) is 1. The zero-order chi connectivity index (χ0) is 24.5. The summed E-state index contributed by atoms with van der Waals surface area (Å²) in [6, 6.07) is 18.9. The Kier molecular flexibility index (Phi) is 6.34. The molecular formula is C26H25FN2O5. The second-order valence-corrected chi connectivity index (χ2v) is 8.76. The number of non-ortho nitro benzene ring substituents is 1. The van der Waals surface area contributed by atoms with Crippen LogP contribution in [0.15, 0.2) is 66.7 Å². The quantitative estimate of drug-likeness (QED) is 0.367. The molecule has 1 aliphatic rings. The molecule has 0 spiro atoms. The SMILES string of the molecule is CC(O)C[C@](C)(NC(=O)OCC1c2ccccc2-c2ccccc21)c1cc([N+](=O)[O-])ccc1F. The summed E-state index contributed by atoms with van der Waals surface area (Å²) in [6.45, 7) is 3.05. The average Bonchev–Trinajstić information content (AvgIpc) is 3.11. The lowest BCUT2D eigenvalue weighted by Crippen LogP contribution is -2.46. The van der Waals surface area contributed by atoms with Crippen LogP contribution in [0.4, 0.5) is 14.9 Å². The van der Waals surface area contributed by atoms with E-state index >= 15 is 0 Å². The number of fused-ring (bicyclic) bond motifs is 3. The number of hydrogen-bond donors (Lipinski definition) is 2. The van der Waals surface area contributed by atoms with Crippen LogP contribution in [0.5, 0.6) is 0 Å². The van der Waals surface area contributed by atoms with Gasteiger partial charge in [-0.05, 0) is 42.2 Å². The zero-order valence-corrected chi connectivity index (χ0v) is 18.8. The van der Waals surface area contributed by atoms with Crippen LogP contribution in [0, 0.1) is 15.9 Å². The van der Waals surface area contributed by atoms with Crippen LogP contribution in [-0.2, 0) is 10.3 Å². The maximum Gasteiger partial charge on any atom is 0.407 e. The molecule has 7 nitrogen and oxygen atoms in total. The molecule has 2 N–H and O–H groups in total. The third kappa shape index (κ3) is 4.49. The summed E-state index contributed by atoms with van der Waals surface area (Å²) in [6.07, 6.45) is -1.80. The summed E-state index contributed by atoms with van der Waals surface area (Å²) in [4.78, 5) is 23.4. The van der Waals surface area contributed by atoms with Crippen molar-refractivity contribution in [1.29, 1.82) is 0 Å². The molecule has 0 saturated carbocycles. The number of rotatable bonds is 7. The number of nitro groups is 1. The molecule has 0 radical (unpaired) electrons. The first-order valence-corrected chi connectivity index (χ1v) is 11.0. The standard InChI is InChI=1S/C26H25FN2O5/c1-16(30)14-26(2,23-13-17(29(32)33)11-12-24(23)27)28-25(31)34-15-22-20-9-5-3-7-18(20)19-8-4-6-10-21(19)22/h3-13,16,22,30H,14-15H2,1-2H3,(H,28,31)/t16?,26-/m0/s1. The van der Waals surface area contributed by atoms with Gasteiger partial charge in [0, 0.05) is 30.0 Å². The van der Waals surface area contributed by atoms with Gasteiger partial charge >= 0.3 is 6.09 Å². The van der Waals surface area contributed by atoms with Crippen LogP contribution in [0.1, 0.15) is 42.9 Å². The topological polar surface area (TPSA) is 102 Å². The van der Waals surface area contributed by atoms with Crippen molar-refractivity contribution in [3.05, 3.63) is 99.4 Å². The molecule has 3 aromatic rings. The van der Waals surface area contributed by atoms with E-state index in [0.29, 0.717) is 0 Å². The Morgan fingerprint density at radius 3 is 2.29 bits per heavy atom. The zero-order valence-electron chi connectivity index (χ0n) is 18.8. The fourth-order valence-electron chi connectivity index (χ4n) is 4.73. The number of halogens is 1. The van der Waals surface area contributed by atoms with E-state index in [4.69, 9.17) is 4.74 Å². The van der Waals surface area contributed by atoms with Crippen LogP contribution in [0.3, 0.4) is 0 Å². The highest BCUT2D eigenvalue weighted by Crippen LogP contribution is 2.44. The molecule has 2 atom stereocenters. The van der Waals surface area contributed by atoms with Gasteiger partial charge in [0.05, 0.1) is 16.6 Å². The molecule has 3 aromatic carbocycles. The van der Waals surface area contributed by atoms with Gasteiger partial charge in [-0.1, -0.05) is 48.5 Å². The summed E-state index contributed by atoms with van der Waals surface area (Å²) in [5.41, 5.74) is 2.42. The number of ether oxygens (including phenoxy) is 1. The summed E-state index contributed by atoms with van der Waals surface area (Å²) in [5.74, 6) is -0.886. The molecule has 0 fully saturated rings. The van der Waals surface area contributed by atoms with Crippen LogP contribution in [-0.4, -0.2) is 28.8 Å². The molecule has 0 saturated heterocycles. The van der Waals surface area contributed by atoms with Crippen LogP contribution >= 0.6 is 0 Å². The fourth-order valence-corrected chi connectivity index (χ4v) is 4.73. The first kappa shape index (κ1) is 23.4. The molecular weight excluding hydrogens is 439 g/mol. The molecule has 0 bridgehead atoms. The first-order chi connectivity index (χ1) is 16.2. The lowest BCUT2D eigenvalue weighted by molar-refractivity contribution is -0.385. The van der Waals surface area contributed by atoms with E-state index in [1.807, 2.05) is 48.5 Å². The van der Waals surface area contributed by atoms with Crippen molar-refractivity contribution >= 4 is 11.8 Å². The number of benzene rings is 3. The number of aliphatic hydroxyl groups is 1. The number of carbonyl (C=O) groups is 1. The molecule has 1 aliphatic carbocycles. The van der Waals surface area contributed by atoms with Crippen molar-refractivity contribution in [2.75, 3.05) is 6.61 Å². The highest BCUT2D eigenvalue weighted by atomic mass is 19.1. The molecule has 4 rings (SSSR count). The number of carbonyl (C=O) groups excluding carboxylic acids is 1. The maximum atomic E-state index is 14.7. The predicted molar refractivity (Wildman–Crippen MR) is 125 cm³/mol. The Morgan fingerprint density at radius 2 is 1.74 bits per heavy atom. The van der Waals surface area contributed by atoms with E-state index in [9.17, 15) is 24.4 Å². The summed E-state index contributed by atoms with van der Waals surface area (Å²) < 4.78 is 20.3. The molecule has 34 heavy (non-hydrogen) atoms. The number of aliphatic hydroxyl groups excluding tert-OH is 1. The van der Waals surface area contributed by atoms with Gasteiger partial charge in [-0.3, -0.25) is 10.1 Å². The van der Waals surface area contributed by atoms with Crippen molar-refractivity contribution in [2.24, 2.45) is 0 Å². The number of amides is 1. The molecule has 0 heterocycles. The van der Waals surface area contributed by atoms with E-state index in [0.717, 1.165) is 40.5 Å². The van der Waals surface area contributed by atoms with E-state index < -0.39 is 28.5 Å². The van der Waals surface area contributed by atoms with Gasteiger partial charge < -0.3 is 15.2 Å². The molecule has 8 heteroatoms. The molecule has 176 valence electrons. The maximum absolute atomic E-state index is 14.7. The van der Waals surface area contributed by atoms with Gasteiger partial charge in [-0.25, -0.2) is 9.18 Å². The lowest BCUT2D eigenvalue weighted by Gasteiger charge is -2.32. The van der Waals surface area contributed by atoms with Crippen LogP contribution in [0.25, 0.3) is 11.1 Å². The van der Waals surface area contributed by atoms with E-state index in [2.05, 4.69) is 5.32 Å². The normalized spacial score (nSPS) is 15.1. The number of nitro benzene ring substituents is 1. The van der Waals surface area contributed by atoms with Gasteiger partial charge in [0.1, 0.15) is 12.4 Å². The minimum absolute atomic E-state index is 0.0576. The van der Waals surface area contributed by atoms with Gasteiger partial charge in [0.15, 0.2) is 0 Å². The van der Waals surface area contributed by atoms with Crippen molar-refractivity contribution in [2.45, 2.75) is 37.8 Å². The summed E-state index contributed by atoms with van der Waals surface area (Å²) >= 11 is 0. The van der Waals surface area contributed by atoms with Gasteiger partial charge in [-0.2, -0.15) is 0 Å². The first-order valence-electron chi connectivity index (χ1n) is 11.0. The Morgan fingerprint density at radius 1 is 1.15 bits per heavy atom. The Labute approximate surface area is 196 Å². The number of hydrogen-bond acceptors (Lipinski definition) is 5. The van der Waals surface area contributed by atoms with E-state index in [1.54, 1.807) is 0 Å². The van der Waals surface area contributed by atoms with Gasteiger partial charge in [0.2, 0.25) is 0 Å². The van der Waals surface area contributed by atoms with Crippen molar-refractivity contribution < 1.29 is 24.0 Å². The van der Waals surface area contributed by atoms with Crippen molar-refractivity contribution in [3.63, 3.8) is 0 Å². The molecule has 1 amide bonds. The summed E-state index contributed by atoms with van der Waals surface area (Å²) in [7, 11) is 0. The Bertz CT molecular complexity index is 1200. The minimum atomic E-state index is -1.44. The highest BCUT2D eigenvalue weighted by molar-refractivity contribution is 5.79. The predicted octanol–water partition coefficient (Wildman–Crippen LogP) is 5.26. The van der Waals surface area contributed by atoms with Crippen LogP contribution in [0.2, 0.25) is 0 Å².